The molecule has 3 nitrogen and oxygen atoms in total. The monoisotopic (exact) mass is 261 g/mol. The number of aliphatic hydroxyl groups is 1. The summed E-state index contributed by atoms with van der Waals surface area (Å²) in [5.74, 6) is 0.181. The van der Waals surface area contributed by atoms with E-state index < -0.39 is 0 Å². The van der Waals surface area contributed by atoms with Crippen LogP contribution in [-0.2, 0) is 4.79 Å². The van der Waals surface area contributed by atoms with Crippen molar-refractivity contribution in [1.29, 1.82) is 0 Å². The molecule has 0 radical (unpaired) electrons. The smallest absolute Gasteiger partial charge is 0.220 e. The zero-order chi connectivity index (χ0) is 14.1. The van der Waals surface area contributed by atoms with Crippen LogP contribution in [0.1, 0.15) is 37.7 Å². The molecule has 0 aliphatic carbocycles. The van der Waals surface area contributed by atoms with Crippen LogP contribution in [0.25, 0.3) is 0 Å². The molecule has 19 heavy (non-hydrogen) atoms. The van der Waals surface area contributed by atoms with Gasteiger partial charge in [-0.05, 0) is 25.3 Å². The summed E-state index contributed by atoms with van der Waals surface area (Å²) in [5.41, 5.74) is 1.15. The summed E-state index contributed by atoms with van der Waals surface area (Å²) >= 11 is 0. The Morgan fingerprint density at radius 1 is 1.42 bits per heavy atom. The Labute approximate surface area is 115 Å². The molecule has 0 heterocycles. The second-order valence-corrected chi connectivity index (χ2v) is 4.82. The fourth-order valence-corrected chi connectivity index (χ4v) is 2.03. The van der Waals surface area contributed by atoms with Gasteiger partial charge in [0, 0.05) is 18.9 Å². The van der Waals surface area contributed by atoms with Gasteiger partial charge in [0.05, 0.1) is 6.10 Å². The van der Waals surface area contributed by atoms with Crippen molar-refractivity contribution >= 4 is 5.91 Å². The van der Waals surface area contributed by atoms with Gasteiger partial charge in [0.2, 0.25) is 5.91 Å². The van der Waals surface area contributed by atoms with Crippen LogP contribution in [0.3, 0.4) is 0 Å². The lowest BCUT2D eigenvalue weighted by Gasteiger charge is -2.19. The molecule has 2 unspecified atom stereocenters. The van der Waals surface area contributed by atoms with Crippen molar-refractivity contribution < 1.29 is 9.90 Å². The molecule has 104 valence electrons. The molecular formula is C16H23NO2. The van der Waals surface area contributed by atoms with Gasteiger partial charge in [-0.2, -0.15) is 0 Å². The molecule has 2 atom stereocenters. The van der Waals surface area contributed by atoms with Gasteiger partial charge in [-0.3, -0.25) is 4.79 Å². The van der Waals surface area contributed by atoms with E-state index >= 15 is 0 Å². The van der Waals surface area contributed by atoms with Crippen molar-refractivity contribution in [2.45, 2.75) is 38.2 Å². The third-order valence-corrected chi connectivity index (χ3v) is 3.02. The van der Waals surface area contributed by atoms with Crippen molar-refractivity contribution in [3.63, 3.8) is 0 Å². The quantitative estimate of drug-likeness (QED) is 0.707. The highest BCUT2D eigenvalue weighted by molar-refractivity contribution is 5.76. The first-order valence-electron chi connectivity index (χ1n) is 6.74. The molecule has 1 rings (SSSR count). The predicted octanol–water partition coefficient (Wildman–Crippen LogP) is 2.62. The zero-order valence-electron chi connectivity index (χ0n) is 11.5. The van der Waals surface area contributed by atoms with Crippen molar-refractivity contribution in [3.8, 4) is 0 Å². The molecule has 3 heteroatoms. The fraction of sp³-hybridized carbons (Fsp3) is 0.438. The van der Waals surface area contributed by atoms with Crippen LogP contribution in [0.5, 0.6) is 0 Å². The Kier molecular flexibility index (Phi) is 6.90. The van der Waals surface area contributed by atoms with E-state index in [0.717, 1.165) is 5.56 Å². The van der Waals surface area contributed by atoms with Crippen LogP contribution in [0.2, 0.25) is 0 Å². The summed E-state index contributed by atoms with van der Waals surface area (Å²) < 4.78 is 0. The van der Waals surface area contributed by atoms with Gasteiger partial charge in [-0.1, -0.05) is 36.4 Å². The van der Waals surface area contributed by atoms with Crippen molar-refractivity contribution in [2.24, 2.45) is 0 Å². The van der Waals surface area contributed by atoms with E-state index in [1.165, 1.54) is 0 Å². The van der Waals surface area contributed by atoms with Crippen molar-refractivity contribution in [1.82, 2.24) is 5.32 Å². The largest absolute Gasteiger partial charge is 0.393 e. The first kappa shape index (κ1) is 15.4. The lowest BCUT2D eigenvalue weighted by atomic mass is 9.93. The molecule has 1 amide bonds. The number of carbonyl (C=O) groups is 1. The highest BCUT2D eigenvalue weighted by Crippen LogP contribution is 2.20. The molecule has 0 bridgehead atoms. The highest BCUT2D eigenvalue weighted by atomic mass is 16.3. The predicted molar refractivity (Wildman–Crippen MR) is 77.9 cm³/mol. The van der Waals surface area contributed by atoms with Gasteiger partial charge in [0.1, 0.15) is 0 Å². The van der Waals surface area contributed by atoms with Gasteiger partial charge in [0.25, 0.3) is 0 Å². The van der Waals surface area contributed by atoms with Crippen LogP contribution in [0, 0.1) is 0 Å². The van der Waals surface area contributed by atoms with Crippen molar-refractivity contribution in [2.75, 3.05) is 6.54 Å². The van der Waals surface area contributed by atoms with E-state index in [4.69, 9.17) is 0 Å². The molecule has 0 aromatic heterocycles. The summed E-state index contributed by atoms with van der Waals surface area (Å²) in [6.07, 6.45) is 3.17. The zero-order valence-corrected chi connectivity index (χ0v) is 11.5. The van der Waals surface area contributed by atoms with Gasteiger partial charge in [-0.25, -0.2) is 0 Å². The number of carbonyl (C=O) groups excluding carboxylic acids is 1. The maximum atomic E-state index is 11.6. The number of hydrogen-bond donors (Lipinski definition) is 2. The molecular weight excluding hydrogens is 238 g/mol. The molecule has 1 aromatic rings. The number of hydrogen-bond acceptors (Lipinski definition) is 2. The van der Waals surface area contributed by atoms with Crippen LogP contribution < -0.4 is 5.32 Å². The molecule has 0 saturated heterocycles. The normalized spacial score (nSPS) is 13.6. The van der Waals surface area contributed by atoms with Gasteiger partial charge in [-0.15, -0.1) is 6.58 Å². The topological polar surface area (TPSA) is 49.3 Å². The molecule has 0 aliphatic heterocycles. The summed E-state index contributed by atoms with van der Waals surface area (Å²) in [4.78, 5) is 11.6. The third-order valence-electron chi connectivity index (χ3n) is 3.02. The second kappa shape index (κ2) is 8.48. The van der Waals surface area contributed by atoms with Gasteiger partial charge in [0.15, 0.2) is 0 Å². The van der Waals surface area contributed by atoms with Crippen LogP contribution in [0.15, 0.2) is 43.0 Å². The SMILES string of the molecule is C=CCCC(=O)NCC(CC(C)O)c1ccccc1. The third kappa shape index (κ3) is 6.20. The number of rotatable bonds is 8. The Hall–Kier alpha value is -1.61. The average Bonchev–Trinajstić information content (AvgIpc) is 2.41. The minimum atomic E-state index is -0.379. The van der Waals surface area contributed by atoms with Crippen LogP contribution >= 0.6 is 0 Å². The van der Waals surface area contributed by atoms with E-state index in [1.54, 1.807) is 13.0 Å². The molecule has 1 aromatic carbocycles. The maximum Gasteiger partial charge on any atom is 0.220 e. The van der Waals surface area contributed by atoms with Crippen molar-refractivity contribution in [3.05, 3.63) is 48.6 Å². The molecule has 2 N–H and O–H groups in total. The molecule has 0 aliphatic rings. The summed E-state index contributed by atoms with van der Waals surface area (Å²) in [5, 5.41) is 12.5. The lowest BCUT2D eigenvalue weighted by Crippen LogP contribution is -2.29. The maximum absolute atomic E-state index is 11.6. The Morgan fingerprint density at radius 3 is 2.68 bits per heavy atom. The van der Waals surface area contributed by atoms with E-state index in [1.807, 2.05) is 30.3 Å². The molecule has 0 spiro atoms. The van der Waals surface area contributed by atoms with Crippen LogP contribution in [-0.4, -0.2) is 23.7 Å². The van der Waals surface area contributed by atoms with E-state index in [9.17, 15) is 9.90 Å². The standard InChI is InChI=1S/C16H23NO2/c1-3-4-10-16(19)17-12-15(11-13(2)18)14-8-6-5-7-9-14/h3,5-9,13,15,18H,1,4,10-12H2,2H3,(H,17,19). The molecule has 0 fully saturated rings. The first-order valence-corrected chi connectivity index (χ1v) is 6.74. The minimum Gasteiger partial charge on any atom is -0.393 e. The Morgan fingerprint density at radius 2 is 2.11 bits per heavy atom. The van der Waals surface area contributed by atoms with Gasteiger partial charge < -0.3 is 10.4 Å². The second-order valence-electron chi connectivity index (χ2n) is 4.82. The van der Waals surface area contributed by atoms with E-state index in [2.05, 4.69) is 11.9 Å². The average molecular weight is 261 g/mol. The Balaban J connectivity index is 2.56. The number of nitrogens with one attached hydrogen (secondary N) is 1. The summed E-state index contributed by atoms with van der Waals surface area (Å²) in [7, 11) is 0. The number of amides is 1. The van der Waals surface area contributed by atoms with E-state index in [0.29, 0.717) is 25.8 Å². The Bertz CT molecular complexity index is 387. The summed E-state index contributed by atoms with van der Waals surface area (Å²) in [6.45, 7) is 5.94. The number of benzene rings is 1. The lowest BCUT2D eigenvalue weighted by molar-refractivity contribution is -0.121. The van der Waals surface area contributed by atoms with Gasteiger partial charge >= 0.3 is 0 Å². The fourth-order valence-electron chi connectivity index (χ4n) is 2.03. The molecule has 0 saturated carbocycles. The number of aliphatic hydroxyl groups excluding tert-OH is 1. The van der Waals surface area contributed by atoms with E-state index in [-0.39, 0.29) is 17.9 Å². The minimum absolute atomic E-state index is 0.0337. The highest BCUT2D eigenvalue weighted by Gasteiger charge is 2.15. The van der Waals surface area contributed by atoms with Crippen LogP contribution in [0.4, 0.5) is 0 Å². The summed E-state index contributed by atoms with van der Waals surface area (Å²) in [6, 6.07) is 9.98. The number of allylic oxidation sites excluding steroid dienone is 1. The first-order chi connectivity index (χ1) is 9.13.